The summed E-state index contributed by atoms with van der Waals surface area (Å²) < 4.78 is 11.9. The molecule has 150 valence electrons. The van der Waals surface area contributed by atoms with Gasteiger partial charge in [0.15, 0.2) is 11.4 Å². The smallest absolute Gasteiger partial charge is 0.291 e. The fraction of sp³-hybridized carbons (Fsp3) is 0.182. The molecule has 7 heteroatoms. The zero-order chi connectivity index (χ0) is 21.0. The van der Waals surface area contributed by atoms with Crippen LogP contribution in [0.15, 0.2) is 69.8 Å². The molecule has 0 aliphatic rings. The SMILES string of the molecule is Cc1cc(NC(=O)C(C)(C)Oc2ccc(Br)cc2)ccc1NC(=O)c1ccco1. The van der Waals surface area contributed by atoms with E-state index in [4.69, 9.17) is 9.15 Å². The van der Waals surface area contributed by atoms with Crippen LogP contribution in [0.2, 0.25) is 0 Å². The lowest BCUT2D eigenvalue weighted by molar-refractivity contribution is -0.128. The highest BCUT2D eigenvalue weighted by molar-refractivity contribution is 9.10. The monoisotopic (exact) mass is 456 g/mol. The number of aryl methyl sites for hydroxylation is 1. The van der Waals surface area contributed by atoms with Gasteiger partial charge in [0.25, 0.3) is 11.8 Å². The number of ether oxygens (including phenoxy) is 1. The van der Waals surface area contributed by atoms with Crippen molar-refractivity contribution >= 4 is 39.1 Å². The summed E-state index contributed by atoms with van der Waals surface area (Å²) in [7, 11) is 0. The molecule has 3 rings (SSSR count). The van der Waals surface area contributed by atoms with Crippen LogP contribution in [0.1, 0.15) is 30.0 Å². The number of hydrogen-bond donors (Lipinski definition) is 2. The maximum atomic E-state index is 12.7. The zero-order valence-electron chi connectivity index (χ0n) is 16.3. The van der Waals surface area contributed by atoms with Gasteiger partial charge in [-0.3, -0.25) is 9.59 Å². The van der Waals surface area contributed by atoms with Gasteiger partial charge in [0.05, 0.1) is 6.26 Å². The fourth-order valence-electron chi connectivity index (χ4n) is 2.60. The minimum atomic E-state index is -1.08. The molecule has 0 bridgehead atoms. The van der Waals surface area contributed by atoms with Crippen molar-refractivity contribution < 1.29 is 18.7 Å². The van der Waals surface area contributed by atoms with Crippen LogP contribution in [-0.4, -0.2) is 17.4 Å². The number of amides is 2. The minimum absolute atomic E-state index is 0.230. The normalized spacial score (nSPS) is 11.0. The molecular formula is C22H21BrN2O4. The van der Waals surface area contributed by atoms with Crippen molar-refractivity contribution in [3.8, 4) is 5.75 Å². The molecule has 2 aromatic carbocycles. The lowest BCUT2D eigenvalue weighted by Gasteiger charge is -2.25. The molecule has 0 saturated carbocycles. The molecule has 0 unspecified atom stereocenters. The van der Waals surface area contributed by atoms with Crippen molar-refractivity contribution in [1.82, 2.24) is 0 Å². The molecule has 2 N–H and O–H groups in total. The third-order valence-corrected chi connectivity index (χ3v) is 4.74. The summed E-state index contributed by atoms with van der Waals surface area (Å²) in [5, 5.41) is 5.64. The van der Waals surface area contributed by atoms with Crippen molar-refractivity contribution in [2.24, 2.45) is 0 Å². The van der Waals surface area contributed by atoms with E-state index in [1.165, 1.54) is 6.26 Å². The molecular weight excluding hydrogens is 436 g/mol. The van der Waals surface area contributed by atoms with Crippen LogP contribution in [0.5, 0.6) is 5.75 Å². The van der Waals surface area contributed by atoms with Gasteiger partial charge in [-0.1, -0.05) is 15.9 Å². The third kappa shape index (κ3) is 5.26. The van der Waals surface area contributed by atoms with Crippen LogP contribution in [0.3, 0.4) is 0 Å². The first-order valence-corrected chi connectivity index (χ1v) is 9.75. The van der Waals surface area contributed by atoms with E-state index < -0.39 is 5.60 Å². The summed E-state index contributed by atoms with van der Waals surface area (Å²) in [6, 6.07) is 15.8. The van der Waals surface area contributed by atoms with Crippen LogP contribution in [0.25, 0.3) is 0 Å². The highest BCUT2D eigenvalue weighted by atomic mass is 79.9. The van der Waals surface area contributed by atoms with Gasteiger partial charge in [-0.05, 0) is 80.9 Å². The van der Waals surface area contributed by atoms with E-state index in [1.807, 2.05) is 19.1 Å². The molecule has 2 amide bonds. The van der Waals surface area contributed by atoms with Gasteiger partial charge < -0.3 is 19.8 Å². The fourth-order valence-corrected chi connectivity index (χ4v) is 2.86. The van der Waals surface area contributed by atoms with Crippen molar-refractivity contribution in [2.75, 3.05) is 10.6 Å². The highest BCUT2D eigenvalue weighted by Crippen LogP contribution is 2.24. The highest BCUT2D eigenvalue weighted by Gasteiger charge is 2.30. The van der Waals surface area contributed by atoms with Gasteiger partial charge in [0, 0.05) is 15.8 Å². The second kappa shape index (κ2) is 8.53. The van der Waals surface area contributed by atoms with Crippen molar-refractivity contribution in [3.05, 3.63) is 76.7 Å². The minimum Gasteiger partial charge on any atom is -0.478 e. The van der Waals surface area contributed by atoms with E-state index in [0.29, 0.717) is 17.1 Å². The Labute approximate surface area is 177 Å². The van der Waals surface area contributed by atoms with Crippen molar-refractivity contribution in [3.63, 3.8) is 0 Å². The Balaban J connectivity index is 1.66. The molecule has 0 aliphatic carbocycles. The number of nitrogens with one attached hydrogen (secondary N) is 2. The molecule has 6 nitrogen and oxygen atoms in total. The van der Waals surface area contributed by atoms with Crippen LogP contribution in [-0.2, 0) is 4.79 Å². The lowest BCUT2D eigenvalue weighted by atomic mass is 10.1. The Morgan fingerprint density at radius 1 is 1.03 bits per heavy atom. The first kappa shape index (κ1) is 20.7. The standard InChI is InChI=1S/C22H21BrN2O4/c1-14-13-16(8-11-18(14)25-20(26)19-5-4-12-28-19)24-21(27)22(2,3)29-17-9-6-15(23)7-10-17/h4-13H,1-3H3,(H,24,27)(H,25,26). The molecule has 0 aliphatic heterocycles. The molecule has 0 radical (unpaired) electrons. The zero-order valence-corrected chi connectivity index (χ0v) is 17.9. The van der Waals surface area contributed by atoms with Gasteiger partial charge in [0.2, 0.25) is 0 Å². The lowest BCUT2D eigenvalue weighted by Crippen LogP contribution is -2.42. The van der Waals surface area contributed by atoms with E-state index >= 15 is 0 Å². The predicted molar refractivity (Wildman–Crippen MR) is 115 cm³/mol. The number of rotatable bonds is 6. The molecule has 3 aromatic rings. The molecule has 0 atom stereocenters. The van der Waals surface area contributed by atoms with Gasteiger partial charge in [0.1, 0.15) is 5.75 Å². The second-order valence-electron chi connectivity index (χ2n) is 6.98. The number of hydrogen-bond acceptors (Lipinski definition) is 4. The van der Waals surface area contributed by atoms with Crippen LogP contribution < -0.4 is 15.4 Å². The summed E-state index contributed by atoms with van der Waals surface area (Å²) >= 11 is 3.37. The molecule has 0 saturated heterocycles. The Hall–Kier alpha value is -3.06. The van der Waals surface area contributed by atoms with Crippen molar-refractivity contribution in [2.45, 2.75) is 26.4 Å². The topological polar surface area (TPSA) is 80.6 Å². The number of carbonyl (C=O) groups excluding carboxylic acids is 2. The Morgan fingerprint density at radius 2 is 1.76 bits per heavy atom. The second-order valence-corrected chi connectivity index (χ2v) is 7.90. The first-order valence-electron chi connectivity index (χ1n) is 8.96. The Kier molecular flexibility index (Phi) is 6.08. The largest absolute Gasteiger partial charge is 0.478 e. The van der Waals surface area contributed by atoms with Gasteiger partial charge in [-0.2, -0.15) is 0 Å². The van der Waals surface area contributed by atoms with Gasteiger partial charge in [-0.25, -0.2) is 0 Å². The summed E-state index contributed by atoms with van der Waals surface area (Å²) in [5.74, 6) is 0.209. The van der Waals surface area contributed by atoms with Gasteiger partial charge >= 0.3 is 0 Å². The van der Waals surface area contributed by atoms with E-state index in [2.05, 4.69) is 26.6 Å². The number of benzene rings is 2. The number of halogens is 1. The van der Waals surface area contributed by atoms with Crippen LogP contribution >= 0.6 is 15.9 Å². The van der Waals surface area contributed by atoms with Crippen molar-refractivity contribution in [1.29, 1.82) is 0 Å². The average Bonchev–Trinajstić information content (AvgIpc) is 3.20. The summed E-state index contributed by atoms with van der Waals surface area (Å²) in [6.45, 7) is 5.25. The quantitative estimate of drug-likeness (QED) is 0.520. The van der Waals surface area contributed by atoms with E-state index in [0.717, 1.165) is 10.0 Å². The third-order valence-electron chi connectivity index (χ3n) is 4.21. The number of carbonyl (C=O) groups is 2. The molecule has 0 fully saturated rings. The average molecular weight is 457 g/mol. The molecule has 29 heavy (non-hydrogen) atoms. The van der Waals surface area contributed by atoms with E-state index in [9.17, 15) is 9.59 Å². The molecule has 0 spiro atoms. The molecule has 1 heterocycles. The maximum Gasteiger partial charge on any atom is 0.291 e. The first-order chi connectivity index (χ1) is 13.7. The number of anilines is 2. The Bertz CT molecular complexity index is 1010. The predicted octanol–water partition coefficient (Wildman–Crippen LogP) is 5.40. The Morgan fingerprint density at radius 3 is 2.38 bits per heavy atom. The molecule has 1 aromatic heterocycles. The van der Waals surface area contributed by atoms with Crippen LogP contribution in [0.4, 0.5) is 11.4 Å². The van der Waals surface area contributed by atoms with Gasteiger partial charge in [-0.15, -0.1) is 0 Å². The van der Waals surface area contributed by atoms with E-state index in [1.54, 1.807) is 56.3 Å². The van der Waals surface area contributed by atoms with Crippen LogP contribution in [0, 0.1) is 6.92 Å². The summed E-state index contributed by atoms with van der Waals surface area (Å²) in [5.41, 5.74) is 0.966. The summed E-state index contributed by atoms with van der Waals surface area (Å²) in [6.07, 6.45) is 1.44. The maximum absolute atomic E-state index is 12.7. The van der Waals surface area contributed by atoms with E-state index in [-0.39, 0.29) is 17.6 Å². The number of furan rings is 1. The summed E-state index contributed by atoms with van der Waals surface area (Å²) in [4.78, 5) is 24.8.